The highest BCUT2D eigenvalue weighted by atomic mass is 19.1. The summed E-state index contributed by atoms with van der Waals surface area (Å²) in [7, 11) is 0. The fourth-order valence-corrected chi connectivity index (χ4v) is 2.49. The molecule has 25 heavy (non-hydrogen) atoms. The van der Waals surface area contributed by atoms with E-state index in [9.17, 15) is 4.39 Å². The van der Waals surface area contributed by atoms with Crippen molar-refractivity contribution in [2.45, 2.75) is 12.8 Å². The Labute approximate surface area is 147 Å². The number of anilines is 2. The lowest BCUT2D eigenvalue weighted by molar-refractivity contribution is 0.627. The third kappa shape index (κ3) is 5.57. The van der Waals surface area contributed by atoms with Crippen molar-refractivity contribution in [1.29, 1.82) is 0 Å². The number of rotatable bonds is 8. The molecule has 0 unspecified atom stereocenters. The molecular weight excluding hydrogens is 315 g/mol. The van der Waals surface area contributed by atoms with Gasteiger partial charge in [0.15, 0.2) is 0 Å². The summed E-state index contributed by atoms with van der Waals surface area (Å²) < 4.78 is 12.9. The van der Waals surface area contributed by atoms with Crippen molar-refractivity contribution >= 4 is 11.8 Å². The Bertz CT molecular complexity index is 775. The highest BCUT2D eigenvalue weighted by Crippen LogP contribution is 2.08. The summed E-state index contributed by atoms with van der Waals surface area (Å²) in [5, 5.41) is 6.52. The number of nitrogens with zero attached hydrogens (tertiary/aromatic N) is 2. The van der Waals surface area contributed by atoms with Crippen LogP contribution in [0.15, 0.2) is 66.9 Å². The summed E-state index contributed by atoms with van der Waals surface area (Å²) >= 11 is 0. The molecule has 1 aromatic heterocycles. The predicted molar refractivity (Wildman–Crippen MR) is 99.3 cm³/mol. The number of hydrogen-bond donors (Lipinski definition) is 2. The van der Waals surface area contributed by atoms with Crippen LogP contribution in [-0.2, 0) is 12.8 Å². The molecule has 0 amide bonds. The van der Waals surface area contributed by atoms with Crippen molar-refractivity contribution in [3.63, 3.8) is 0 Å². The quantitative estimate of drug-likeness (QED) is 0.654. The third-order valence-corrected chi connectivity index (χ3v) is 3.83. The average molecular weight is 336 g/mol. The lowest BCUT2D eigenvalue weighted by Gasteiger charge is -2.08. The lowest BCUT2D eigenvalue weighted by Crippen LogP contribution is -2.11. The smallest absolute Gasteiger partial charge is 0.224 e. The number of halogens is 1. The molecule has 0 radical (unpaired) electrons. The maximum absolute atomic E-state index is 12.9. The molecule has 4 nitrogen and oxygen atoms in total. The highest BCUT2D eigenvalue weighted by Gasteiger charge is 2.00. The van der Waals surface area contributed by atoms with Gasteiger partial charge in [0.25, 0.3) is 0 Å². The summed E-state index contributed by atoms with van der Waals surface area (Å²) in [6, 6.07) is 18.7. The lowest BCUT2D eigenvalue weighted by atomic mass is 10.1. The number of hydrogen-bond acceptors (Lipinski definition) is 4. The van der Waals surface area contributed by atoms with Crippen LogP contribution in [-0.4, -0.2) is 23.1 Å². The van der Waals surface area contributed by atoms with Crippen molar-refractivity contribution in [2.24, 2.45) is 0 Å². The standard InChI is InChI=1S/C20H21FN4/c21-18-8-6-17(7-9-18)10-13-22-19-12-15-24-20(25-19)23-14-11-16-4-2-1-3-5-16/h1-9,12,15H,10-11,13-14H2,(H2,22,23,24,25). The molecule has 0 spiro atoms. The highest BCUT2D eigenvalue weighted by molar-refractivity contribution is 5.39. The molecule has 0 aliphatic heterocycles. The van der Waals surface area contributed by atoms with Gasteiger partial charge >= 0.3 is 0 Å². The molecule has 0 saturated heterocycles. The van der Waals surface area contributed by atoms with E-state index in [0.29, 0.717) is 5.95 Å². The van der Waals surface area contributed by atoms with Crippen molar-refractivity contribution in [2.75, 3.05) is 23.7 Å². The number of aromatic nitrogens is 2. The van der Waals surface area contributed by atoms with Gasteiger partial charge < -0.3 is 10.6 Å². The first-order valence-electron chi connectivity index (χ1n) is 8.39. The zero-order valence-electron chi connectivity index (χ0n) is 14.0. The van der Waals surface area contributed by atoms with E-state index < -0.39 is 0 Å². The Morgan fingerprint density at radius 3 is 2.20 bits per heavy atom. The predicted octanol–water partition coefficient (Wildman–Crippen LogP) is 3.92. The maximum Gasteiger partial charge on any atom is 0.224 e. The molecule has 0 aliphatic rings. The zero-order valence-corrected chi connectivity index (χ0v) is 14.0. The average Bonchev–Trinajstić information content (AvgIpc) is 2.65. The van der Waals surface area contributed by atoms with Crippen LogP contribution in [0.1, 0.15) is 11.1 Å². The fourth-order valence-electron chi connectivity index (χ4n) is 2.49. The van der Waals surface area contributed by atoms with Gasteiger partial charge in [0.1, 0.15) is 11.6 Å². The first-order chi connectivity index (χ1) is 12.3. The second-order valence-corrected chi connectivity index (χ2v) is 5.73. The Hall–Kier alpha value is -2.95. The van der Waals surface area contributed by atoms with Gasteiger partial charge in [-0.25, -0.2) is 9.37 Å². The van der Waals surface area contributed by atoms with Gasteiger partial charge in [-0.05, 0) is 42.2 Å². The monoisotopic (exact) mass is 336 g/mol. The zero-order chi connectivity index (χ0) is 17.3. The maximum atomic E-state index is 12.9. The van der Waals surface area contributed by atoms with Crippen molar-refractivity contribution < 1.29 is 4.39 Å². The summed E-state index contributed by atoms with van der Waals surface area (Å²) in [4.78, 5) is 8.70. The molecule has 0 atom stereocenters. The Morgan fingerprint density at radius 1 is 0.760 bits per heavy atom. The van der Waals surface area contributed by atoms with Crippen molar-refractivity contribution in [3.8, 4) is 0 Å². The molecule has 1 heterocycles. The van der Waals surface area contributed by atoms with E-state index in [2.05, 4.69) is 32.7 Å². The van der Waals surface area contributed by atoms with E-state index in [1.807, 2.05) is 24.3 Å². The van der Waals surface area contributed by atoms with Crippen LogP contribution >= 0.6 is 0 Å². The van der Waals surface area contributed by atoms with E-state index in [4.69, 9.17) is 0 Å². The van der Waals surface area contributed by atoms with Gasteiger partial charge in [-0.3, -0.25) is 0 Å². The topological polar surface area (TPSA) is 49.8 Å². The second-order valence-electron chi connectivity index (χ2n) is 5.73. The molecule has 2 N–H and O–H groups in total. The molecule has 3 aromatic rings. The minimum absolute atomic E-state index is 0.210. The van der Waals surface area contributed by atoms with Crippen LogP contribution in [0.4, 0.5) is 16.2 Å². The molecule has 0 aliphatic carbocycles. The summed E-state index contributed by atoms with van der Waals surface area (Å²) in [6.07, 6.45) is 3.46. The molecule has 128 valence electrons. The minimum atomic E-state index is -0.210. The van der Waals surface area contributed by atoms with E-state index in [1.54, 1.807) is 18.3 Å². The first kappa shape index (κ1) is 16.9. The van der Waals surface area contributed by atoms with E-state index in [0.717, 1.165) is 37.3 Å². The molecule has 3 rings (SSSR count). The van der Waals surface area contributed by atoms with E-state index >= 15 is 0 Å². The van der Waals surface area contributed by atoms with Gasteiger partial charge in [-0.15, -0.1) is 0 Å². The first-order valence-corrected chi connectivity index (χ1v) is 8.39. The van der Waals surface area contributed by atoms with Crippen molar-refractivity contribution in [1.82, 2.24) is 9.97 Å². The van der Waals surface area contributed by atoms with E-state index in [1.165, 1.54) is 17.7 Å². The van der Waals surface area contributed by atoms with Crippen LogP contribution in [0.2, 0.25) is 0 Å². The Balaban J connectivity index is 1.45. The SMILES string of the molecule is Fc1ccc(CCNc2ccnc(NCCc3ccccc3)n2)cc1. The van der Waals surface area contributed by atoms with Crippen LogP contribution in [0.5, 0.6) is 0 Å². The number of nitrogens with one attached hydrogen (secondary N) is 2. The van der Waals surface area contributed by atoms with Crippen LogP contribution < -0.4 is 10.6 Å². The van der Waals surface area contributed by atoms with Crippen LogP contribution in [0.25, 0.3) is 0 Å². The van der Waals surface area contributed by atoms with Crippen molar-refractivity contribution in [3.05, 3.63) is 83.8 Å². The summed E-state index contributed by atoms with van der Waals surface area (Å²) in [5.74, 6) is 1.18. The van der Waals surface area contributed by atoms with Gasteiger partial charge in [-0.1, -0.05) is 42.5 Å². The summed E-state index contributed by atoms with van der Waals surface area (Å²) in [5.41, 5.74) is 2.37. The molecule has 0 fully saturated rings. The molecule has 0 saturated carbocycles. The summed E-state index contributed by atoms with van der Waals surface area (Å²) in [6.45, 7) is 1.51. The molecular formula is C20H21FN4. The van der Waals surface area contributed by atoms with Gasteiger partial charge in [-0.2, -0.15) is 4.98 Å². The Kier molecular flexibility index (Phi) is 5.93. The largest absolute Gasteiger partial charge is 0.370 e. The van der Waals surface area contributed by atoms with Crippen LogP contribution in [0, 0.1) is 5.82 Å². The van der Waals surface area contributed by atoms with Gasteiger partial charge in [0.05, 0.1) is 0 Å². The molecule has 5 heteroatoms. The minimum Gasteiger partial charge on any atom is -0.370 e. The van der Waals surface area contributed by atoms with Gasteiger partial charge in [0.2, 0.25) is 5.95 Å². The van der Waals surface area contributed by atoms with Gasteiger partial charge in [0, 0.05) is 19.3 Å². The second kappa shape index (κ2) is 8.78. The third-order valence-electron chi connectivity index (χ3n) is 3.83. The Morgan fingerprint density at radius 2 is 1.44 bits per heavy atom. The van der Waals surface area contributed by atoms with E-state index in [-0.39, 0.29) is 5.82 Å². The normalized spacial score (nSPS) is 10.4. The van der Waals surface area contributed by atoms with Crippen LogP contribution in [0.3, 0.4) is 0 Å². The number of benzene rings is 2. The molecule has 0 bridgehead atoms. The molecule has 2 aromatic carbocycles. The fraction of sp³-hybridized carbons (Fsp3) is 0.200.